The zero-order valence-corrected chi connectivity index (χ0v) is 20.7. The van der Waals surface area contributed by atoms with Crippen molar-refractivity contribution in [3.05, 3.63) is 78.0 Å². The van der Waals surface area contributed by atoms with E-state index in [0.29, 0.717) is 16.4 Å². The summed E-state index contributed by atoms with van der Waals surface area (Å²) in [7, 11) is -0.450. The van der Waals surface area contributed by atoms with Crippen LogP contribution in [0.4, 0.5) is 24.0 Å². The summed E-state index contributed by atoms with van der Waals surface area (Å²) in [6.45, 7) is 1.77. The third-order valence-corrected chi connectivity index (χ3v) is 8.44. The molecule has 0 amide bonds. The number of anilines is 2. The van der Waals surface area contributed by atoms with Gasteiger partial charge in [0.25, 0.3) is 10.0 Å². The molecule has 0 N–H and O–H groups in total. The highest BCUT2D eigenvalue weighted by atomic mass is 32.2. The molecular weight excluding hydrogens is 499 g/mol. The Kier molecular flexibility index (Phi) is 6.65. The van der Waals surface area contributed by atoms with E-state index >= 15 is 0 Å². The minimum atomic E-state index is -4.81. The summed E-state index contributed by atoms with van der Waals surface area (Å²) in [6, 6.07) is 15.9. The number of thiophene rings is 1. The van der Waals surface area contributed by atoms with Crippen LogP contribution in [0.15, 0.2) is 71.8 Å². The van der Waals surface area contributed by atoms with Gasteiger partial charge in [-0.1, -0.05) is 30.3 Å². The summed E-state index contributed by atoms with van der Waals surface area (Å²) in [4.78, 5) is 6.01. The first-order valence-corrected chi connectivity index (χ1v) is 12.7. The molecule has 0 bridgehead atoms. The van der Waals surface area contributed by atoms with E-state index in [2.05, 4.69) is 9.72 Å². The third kappa shape index (κ3) is 5.35. The van der Waals surface area contributed by atoms with E-state index < -0.39 is 16.4 Å². The van der Waals surface area contributed by atoms with Crippen LogP contribution < -0.4 is 13.9 Å². The van der Waals surface area contributed by atoms with Gasteiger partial charge >= 0.3 is 6.36 Å². The Labute approximate surface area is 205 Å². The molecular formula is C24H22F3N3O3S2. The van der Waals surface area contributed by atoms with Crippen molar-refractivity contribution in [2.75, 3.05) is 23.3 Å². The average Bonchev–Trinajstić information content (AvgIpc) is 3.13. The molecule has 0 spiro atoms. The largest absolute Gasteiger partial charge is 0.573 e. The maximum atomic E-state index is 13.8. The standard InChI is InChI=1S/C24H22F3N3O3S2/c1-16-20-6-4-5-7-21(20)34-23(16)30(15-17-8-10-18(11-9-17)33-24(25,26)27)35(31,32)19-12-13-22(28-14-19)29(2)3/h4-14H,15H2,1-3H3. The number of aryl methyl sites for hydroxylation is 1. The van der Waals surface area contributed by atoms with E-state index in [1.165, 1.54) is 52.2 Å². The Morgan fingerprint density at radius 2 is 1.69 bits per heavy atom. The van der Waals surface area contributed by atoms with Gasteiger partial charge in [-0.3, -0.25) is 4.31 Å². The van der Waals surface area contributed by atoms with Gasteiger partial charge in [0.1, 0.15) is 21.5 Å². The first-order valence-electron chi connectivity index (χ1n) is 10.4. The van der Waals surface area contributed by atoms with Crippen molar-refractivity contribution in [3.63, 3.8) is 0 Å². The van der Waals surface area contributed by atoms with Gasteiger partial charge in [-0.15, -0.1) is 24.5 Å². The van der Waals surface area contributed by atoms with Gasteiger partial charge in [-0.05, 0) is 53.8 Å². The topological polar surface area (TPSA) is 62.7 Å². The second-order valence-corrected chi connectivity index (χ2v) is 10.9. The molecule has 0 aliphatic rings. The van der Waals surface area contributed by atoms with Gasteiger partial charge < -0.3 is 9.64 Å². The van der Waals surface area contributed by atoms with Crippen LogP contribution in [0.1, 0.15) is 11.1 Å². The number of benzene rings is 2. The Hall–Kier alpha value is -3.31. The van der Waals surface area contributed by atoms with E-state index in [0.717, 1.165) is 15.6 Å². The number of nitrogens with zero attached hydrogens (tertiary/aromatic N) is 3. The monoisotopic (exact) mass is 521 g/mol. The lowest BCUT2D eigenvalue weighted by Crippen LogP contribution is -2.30. The lowest BCUT2D eigenvalue weighted by Gasteiger charge is -2.24. The molecule has 4 aromatic rings. The molecule has 35 heavy (non-hydrogen) atoms. The van der Waals surface area contributed by atoms with Crippen molar-refractivity contribution in [1.29, 1.82) is 0 Å². The summed E-state index contributed by atoms with van der Waals surface area (Å²) in [5.41, 5.74) is 1.29. The van der Waals surface area contributed by atoms with Crippen LogP contribution in [0.25, 0.3) is 10.1 Å². The SMILES string of the molecule is Cc1c(N(Cc2ccc(OC(F)(F)F)cc2)S(=O)(=O)c2ccc(N(C)C)nc2)sc2ccccc12. The van der Waals surface area contributed by atoms with Crippen LogP contribution in [0.3, 0.4) is 0 Å². The van der Waals surface area contributed by atoms with E-state index in [1.807, 2.05) is 31.2 Å². The molecule has 2 aromatic carbocycles. The van der Waals surface area contributed by atoms with Gasteiger partial charge in [0, 0.05) is 25.0 Å². The van der Waals surface area contributed by atoms with Gasteiger partial charge in [0.2, 0.25) is 0 Å². The Bertz CT molecular complexity index is 1430. The first kappa shape index (κ1) is 24.8. The van der Waals surface area contributed by atoms with Crippen LogP contribution >= 0.6 is 11.3 Å². The van der Waals surface area contributed by atoms with E-state index in [9.17, 15) is 21.6 Å². The Morgan fingerprint density at radius 1 is 1.00 bits per heavy atom. The van der Waals surface area contributed by atoms with Gasteiger partial charge in [0.05, 0.1) is 6.54 Å². The fraction of sp³-hybridized carbons (Fsp3) is 0.208. The smallest absolute Gasteiger partial charge is 0.406 e. The van der Waals surface area contributed by atoms with E-state index in [-0.39, 0.29) is 17.2 Å². The van der Waals surface area contributed by atoms with Crippen molar-refractivity contribution >= 4 is 42.3 Å². The molecule has 0 aliphatic heterocycles. The van der Waals surface area contributed by atoms with Crippen LogP contribution in [0.5, 0.6) is 5.75 Å². The van der Waals surface area contributed by atoms with Crippen molar-refractivity contribution in [1.82, 2.24) is 4.98 Å². The summed E-state index contributed by atoms with van der Waals surface area (Å²) < 4.78 is 71.3. The van der Waals surface area contributed by atoms with Crippen molar-refractivity contribution in [2.45, 2.75) is 24.7 Å². The number of rotatable bonds is 7. The molecule has 0 unspecified atom stereocenters. The molecule has 4 rings (SSSR count). The molecule has 0 aliphatic carbocycles. The number of aromatic nitrogens is 1. The normalized spacial score (nSPS) is 12.1. The van der Waals surface area contributed by atoms with Crippen LogP contribution in [0.2, 0.25) is 0 Å². The summed E-state index contributed by atoms with van der Waals surface area (Å²) in [5, 5.41) is 1.46. The highest BCUT2D eigenvalue weighted by Crippen LogP contribution is 2.40. The fourth-order valence-corrected chi connectivity index (χ4v) is 6.42. The Balaban J connectivity index is 1.77. The zero-order chi connectivity index (χ0) is 25.4. The van der Waals surface area contributed by atoms with Crippen molar-refractivity contribution in [2.24, 2.45) is 0 Å². The van der Waals surface area contributed by atoms with Crippen molar-refractivity contribution < 1.29 is 26.3 Å². The zero-order valence-electron chi connectivity index (χ0n) is 19.1. The maximum absolute atomic E-state index is 13.8. The molecule has 2 aromatic heterocycles. The maximum Gasteiger partial charge on any atom is 0.573 e. The number of sulfonamides is 1. The van der Waals surface area contributed by atoms with Crippen LogP contribution in [-0.2, 0) is 16.6 Å². The second-order valence-electron chi connectivity index (χ2n) is 7.98. The minimum Gasteiger partial charge on any atom is -0.406 e. The lowest BCUT2D eigenvalue weighted by atomic mass is 10.2. The van der Waals surface area contributed by atoms with E-state index in [1.54, 1.807) is 25.1 Å². The number of ether oxygens (including phenoxy) is 1. The van der Waals surface area contributed by atoms with Crippen LogP contribution in [0, 0.1) is 6.92 Å². The second kappa shape index (κ2) is 9.38. The van der Waals surface area contributed by atoms with Gasteiger partial charge in [-0.2, -0.15) is 0 Å². The average molecular weight is 522 g/mol. The molecule has 0 atom stereocenters. The molecule has 2 heterocycles. The first-order chi connectivity index (χ1) is 16.5. The lowest BCUT2D eigenvalue weighted by molar-refractivity contribution is -0.274. The number of hydrogen-bond acceptors (Lipinski definition) is 6. The quantitative estimate of drug-likeness (QED) is 0.300. The molecule has 11 heteroatoms. The number of fused-ring (bicyclic) bond motifs is 1. The highest BCUT2D eigenvalue weighted by Gasteiger charge is 2.32. The number of hydrogen-bond donors (Lipinski definition) is 0. The molecule has 0 saturated carbocycles. The molecule has 0 saturated heterocycles. The van der Waals surface area contributed by atoms with Gasteiger partial charge in [-0.25, -0.2) is 13.4 Å². The molecule has 6 nitrogen and oxygen atoms in total. The third-order valence-electron chi connectivity index (χ3n) is 5.30. The molecule has 0 radical (unpaired) electrons. The fourth-order valence-electron chi connectivity index (χ4n) is 3.54. The number of alkyl halides is 3. The molecule has 184 valence electrons. The predicted molar refractivity (Wildman–Crippen MR) is 132 cm³/mol. The van der Waals surface area contributed by atoms with Gasteiger partial charge in [0.15, 0.2) is 0 Å². The van der Waals surface area contributed by atoms with Crippen LogP contribution in [-0.4, -0.2) is 33.9 Å². The molecule has 0 fully saturated rings. The minimum absolute atomic E-state index is 0.0111. The Morgan fingerprint density at radius 3 is 2.26 bits per heavy atom. The predicted octanol–water partition coefficient (Wildman–Crippen LogP) is 5.96. The van der Waals surface area contributed by atoms with Crippen molar-refractivity contribution in [3.8, 4) is 5.75 Å². The summed E-state index contributed by atoms with van der Waals surface area (Å²) in [6.07, 6.45) is -3.50. The van der Waals surface area contributed by atoms with E-state index in [4.69, 9.17) is 0 Å². The highest BCUT2D eigenvalue weighted by molar-refractivity contribution is 7.93. The number of pyridine rings is 1. The number of halogens is 3. The summed E-state index contributed by atoms with van der Waals surface area (Å²) >= 11 is 1.34. The summed E-state index contributed by atoms with van der Waals surface area (Å²) in [5.74, 6) is 0.228.